The van der Waals surface area contributed by atoms with Gasteiger partial charge in [0.1, 0.15) is 11.7 Å². The normalized spacial score (nSPS) is 13.9. The molecule has 1 heterocycles. The van der Waals surface area contributed by atoms with Crippen LogP contribution in [0.4, 0.5) is 10.1 Å². The number of methoxy groups -OCH3 is 1. The van der Waals surface area contributed by atoms with Gasteiger partial charge in [-0.3, -0.25) is 4.79 Å². The van der Waals surface area contributed by atoms with E-state index in [1.54, 1.807) is 6.07 Å². The van der Waals surface area contributed by atoms with E-state index in [1.165, 1.54) is 55.8 Å². The maximum Gasteiger partial charge on any atom is 0.335 e. The Bertz CT molecular complexity index is 1240. The third kappa shape index (κ3) is 4.97. The van der Waals surface area contributed by atoms with Crippen LogP contribution in [0.2, 0.25) is 5.02 Å². The summed E-state index contributed by atoms with van der Waals surface area (Å²) in [5, 5.41) is 24.7. The fourth-order valence-corrected chi connectivity index (χ4v) is 4.01. The second kappa shape index (κ2) is 9.69. The molecule has 1 atom stereocenters. The molecule has 0 saturated heterocycles. The SMILES string of the molecule is COc1ccc(Cl)c(F)c1-c1ccc([C@H](CC2CC2)C(=O)Nc2ccc(C(=O)O)cc2)[n+]([O-])c1. The number of benzene rings is 2. The first kappa shape index (κ1) is 23.5. The predicted molar refractivity (Wildman–Crippen MR) is 124 cm³/mol. The number of carbonyl (C=O) groups excluding carboxylic acids is 1. The number of carbonyl (C=O) groups is 2. The van der Waals surface area contributed by atoms with Crippen molar-refractivity contribution in [2.24, 2.45) is 5.92 Å². The number of hydrogen-bond donors (Lipinski definition) is 2. The van der Waals surface area contributed by atoms with Crippen LogP contribution in [0, 0.1) is 16.9 Å². The Morgan fingerprint density at radius 3 is 2.50 bits per heavy atom. The van der Waals surface area contributed by atoms with Gasteiger partial charge in [-0.25, -0.2) is 9.18 Å². The summed E-state index contributed by atoms with van der Waals surface area (Å²) in [5.74, 6) is -2.30. The van der Waals surface area contributed by atoms with Gasteiger partial charge < -0.3 is 20.4 Å². The first-order valence-corrected chi connectivity index (χ1v) is 11.1. The van der Waals surface area contributed by atoms with Gasteiger partial charge in [-0.1, -0.05) is 24.4 Å². The maximum absolute atomic E-state index is 14.7. The van der Waals surface area contributed by atoms with Crippen LogP contribution >= 0.6 is 11.6 Å². The van der Waals surface area contributed by atoms with Crippen LogP contribution in [0.25, 0.3) is 11.1 Å². The van der Waals surface area contributed by atoms with E-state index in [9.17, 15) is 19.2 Å². The Morgan fingerprint density at radius 1 is 1.21 bits per heavy atom. The van der Waals surface area contributed by atoms with Crippen molar-refractivity contribution in [1.82, 2.24) is 0 Å². The Labute approximate surface area is 200 Å². The van der Waals surface area contributed by atoms with Crippen LogP contribution in [-0.2, 0) is 4.79 Å². The molecule has 0 radical (unpaired) electrons. The molecule has 2 aromatic carbocycles. The molecule has 9 heteroatoms. The van der Waals surface area contributed by atoms with Gasteiger partial charge in [0, 0.05) is 11.8 Å². The lowest BCUT2D eigenvalue weighted by molar-refractivity contribution is -0.614. The number of anilines is 1. The number of carboxylic acids is 1. The highest BCUT2D eigenvalue weighted by atomic mass is 35.5. The van der Waals surface area contributed by atoms with E-state index in [0.29, 0.717) is 22.8 Å². The number of nitrogens with one attached hydrogen (secondary N) is 1. The average molecular weight is 485 g/mol. The second-order valence-corrected chi connectivity index (χ2v) is 8.62. The molecule has 2 N–H and O–H groups in total. The topological polar surface area (TPSA) is 103 Å². The quantitative estimate of drug-likeness (QED) is 0.345. The summed E-state index contributed by atoms with van der Waals surface area (Å²) in [6.07, 6.45) is 3.68. The molecule has 34 heavy (non-hydrogen) atoms. The molecule has 1 aliphatic carbocycles. The molecular weight excluding hydrogens is 463 g/mol. The van der Waals surface area contributed by atoms with Crippen LogP contribution in [0.5, 0.6) is 5.75 Å². The molecular formula is C25H22ClFN2O5. The van der Waals surface area contributed by atoms with Crippen LogP contribution in [0.3, 0.4) is 0 Å². The molecule has 7 nitrogen and oxygen atoms in total. The standard InChI is InChI=1S/C25H22ClFN2O5/c1-34-21-11-9-19(26)23(27)22(21)16-6-10-20(29(33)13-16)18(12-14-2-3-14)24(30)28-17-7-4-15(5-8-17)25(31)32/h4-11,13-14,18H,2-3,12H2,1H3,(H,28,30)(H,31,32)/t18-/m0/s1. The van der Waals surface area contributed by atoms with Gasteiger partial charge in [-0.2, -0.15) is 4.73 Å². The fraction of sp³-hybridized carbons (Fsp3) is 0.240. The van der Waals surface area contributed by atoms with Gasteiger partial charge >= 0.3 is 5.97 Å². The van der Waals surface area contributed by atoms with Gasteiger partial charge in [-0.05, 0) is 54.8 Å². The Morgan fingerprint density at radius 2 is 1.91 bits per heavy atom. The minimum atomic E-state index is -1.07. The number of amides is 1. The number of halogens is 2. The van der Waals surface area contributed by atoms with Gasteiger partial charge in [0.05, 0.1) is 28.8 Å². The van der Waals surface area contributed by atoms with Crippen molar-refractivity contribution < 1.29 is 28.6 Å². The lowest BCUT2D eigenvalue weighted by atomic mass is 9.95. The summed E-state index contributed by atoms with van der Waals surface area (Å²) in [4.78, 5) is 24.2. The number of carboxylic acid groups (broad SMARTS) is 1. The van der Waals surface area contributed by atoms with E-state index < -0.39 is 17.7 Å². The van der Waals surface area contributed by atoms with Crippen molar-refractivity contribution in [3.63, 3.8) is 0 Å². The monoisotopic (exact) mass is 484 g/mol. The zero-order valence-corrected chi connectivity index (χ0v) is 19.0. The molecule has 1 aliphatic rings. The predicted octanol–water partition coefficient (Wildman–Crippen LogP) is 5.01. The first-order valence-electron chi connectivity index (χ1n) is 10.7. The van der Waals surface area contributed by atoms with Crippen molar-refractivity contribution >= 4 is 29.2 Å². The van der Waals surface area contributed by atoms with Crippen LogP contribution in [-0.4, -0.2) is 24.1 Å². The highest BCUT2D eigenvalue weighted by Gasteiger charge is 2.35. The Kier molecular flexibility index (Phi) is 6.70. The third-order valence-corrected chi connectivity index (χ3v) is 6.14. The molecule has 4 rings (SSSR count). The van der Waals surface area contributed by atoms with E-state index >= 15 is 0 Å². The first-order chi connectivity index (χ1) is 16.3. The summed E-state index contributed by atoms with van der Waals surface area (Å²) in [6.45, 7) is 0. The summed E-state index contributed by atoms with van der Waals surface area (Å²) in [7, 11) is 1.39. The molecule has 1 aromatic heterocycles. The second-order valence-electron chi connectivity index (χ2n) is 8.21. The van der Waals surface area contributed by atoms with E-state index in [-0.39, 0.29) is 39.1 Å². The summed E-state index contributed by atoms with van der Waals surface area (Å²) in [6, 6.07) is 11.8. The summed E-state index contributed by atoms with van der Waals surface area (Å²) in [5.41, 5.74) is 1.09. The van der Waals surface area contributed by atoms with Gasteiger partial charge in [0.15, 0.2) is 12.0 Å². The average Bonchev–Trinajstić information content (AvgIpc) is 3.64. The number of ether oxygens (including phenoxy) is 1. The molecule has 0 aliphatic heterocycles. The summed E-state index contributed by atoms with van der Waals surface area (Å²) < 4.78 is 20.5. The molecule has 0 spiro atoms. The van der Waals surface area contributed by atoms with Crippen LogP contribution < -0.4 is 14.8 Å². The molecule has 1 amide bonds. The molecule has 0 unspecified atom stereocenters. The lowest BCUT2D eigenvalue weighted by Crippen LogP contribution is -2.37. The maximum atomic E-state index is 14.7. The Balaban J connectivity index is 1.64. The van der Waals surface area contributed by atoms with Crippen molar-refractivity contribution in [2.75, 3.05) is 12.4 Å². The zero-order chi connectivity index (χ0) is 24.4. The fourth-order valence-electron chi connectivity index (χ4n) is 3.86. The molecule has 1 saturated carbocycles. The van der Waals surface area contributed by atoms with Crippen molar-refractivity contribution in [2.45, 2.75) is 25.2 Å². The van der Waals surface area contributed by atoms with Crippen LogP contribution in [0.15, 0.2) is 54.7 Å². The number of aromatic nitrogens is 1. The number of aromatic carboxylic acids is 1. The Hall–Kier alpha value is -3.65. The van der Waals surface area contributed by atoms with Gasteiger partial charge in [0.2, 0.25) is 11.6 Å². The zero-order valence-electron chi connectivity index (χ0n) is 18.3. The van der Waals surface area contributed by atoms with E-state index in [0.717, 1.165) is 12.8 Å². The summed E-state index contributed by atoms with van der Waals surface area (Å²) >= 11 is 5.92. The molecule has 0 bridgehead atoms. The number of nitrogens with zero attached hydrogens (tertiary/aromatic N) is 1. The largest absolute Gasteiger partial charge is 0.618 e. The number of rotatable bonds is 8. The molecule has 176 valence electrons. The van der Waals surface area contributed by atoms with Crippen LogP contribution in [0.1, 0.15) is 41.2 Å². The van der Waals surface area contributed by atoms with Gasteiger partial charge in [0.25, 0.3) is 0 Å². The highest BCUT2D eigenvalue weighted by molar-refractivity contribution is 6.31. The third-order valence-electron chi connectivity index (χ3n) is 5.85. The minimum absolute atomic E-state index is 0.0628. The smallest absolute Gasteiger partial charge is 0.335 e. The number of hydrogen-bond acceptors (Lipinski definition) is 4. The minimum Gasteiger partial charge on any atom is -0.618 e. The van der Waals surface area contributed by atoms with E-state index in [1.807, 2.05) is 0 Å². The number of pyridine rings is 1. The highest BCUT2D eigenvalue weighted by Crippen LogP contribution is 2.39. The van der Waals surface area contributed by atoms with E-state index in [4.69, 9.17) is 21.4 Å². The van der Waals surface area contributed by atoms with Crippen molar-refractivity contribution in [1.29, 1.82) is 0 Å². The van der Waals surface area contributed by atoms with E-state index in [2.05, 4.69) is 5.32 Å². The van der Waals surface area contributed by atoms with Gasteiger partial charge in [-0.15, -0.1) is 0 Å². The van der Waals surface area contributed by atoms with Crippen molar-refractivity contribution in [3.05, 3.63) is 82.0 Å². The molecule has 3 aromatic rings. The lowest BCUT2D eigenvalue weighted by Gasteiger charge is -2.17. The van der Waals surface area contributed by atoms with Crippen molar-refractivity contribution in [3.8, 4) is 16.9 Å². The molecule has 1 fully saturated rings.